The molecule has 0 radical (unpaired) electrons. The Bertz CT molecular complexity index is 746. The zero-order valence-corrected chi connectivity index (χ0v) is 16.7. The number of hydrogen-bond acceptors (Lipinski definition) is 2. The zero-order chi connectivity index (χ0) is 19.5. The molecular weight excluding hydrogens is 330 g/mol. The predicted octanol–water partition coefficient (Wildman–Crippen LogP) is 6.81. The van der Waals surface area contributed by atoms with E-state index in [4.69, 9.17) is 0 Å². The molecule has 0 saturated carbocycles. The largest absolute Gasteiger partial charge is 0.293 e. The molecule has 1 atom stereocenters. The van der Waals surface area contributed by atoms with Crippen LogP contribution in [0.25, 0.3) is 5.57 Å². The van der Waals surface area contributed by atoms with Gasteiger partial charge < -0.3 is 0 Å². The summed E-state index contributed by atoms with van der Waals surface area (Å²) in [6, 6.07) is 12.1. The third-order valence-electron chi connectivity index (χ3n) is 5.31. The first-order valence-corrected chi connectivity index (χ1v) is 10.3. The molecule has 1 aromatic carbocycles. The number of nitriles is 1. The fourth-order valence-electron chi connectivity index (χ4n) is 3.62. The van der Waals surface area contributed by atoms with E-state index in [0.29, 0.717) is 17.9 Å². The molecule has 2 nitrogen and oxygen atoms in total. The van der Waals surface area contributed by atoms with Crippen molar-refractivity contribution in [3.05, 3.63) is 65.3 Å². The average molecular weight is 362 g/mol. The summed E-state index contributed by atoms with van der Waals surface area (Å²) in [5, 5.41) is 9.84. The third kappa shape index (κ3) is 6.07. The van der Waals surface area contributed by atoms with Crippen molar-refractivity contribution in [1.29, 1.82) is 5.26 Å². The number of benzene rings is 1. The number of carbonyl (C=O) groups excluding carboxylic acids is 1. The molecule has 1 aliphatic carbocycles. The van der Waals surface area contributed by atoms with Gasteiger partial charge in [-0.25, -0.2) is 0 Å². The number of carbonyl (C=O) groups is 1. The van der Waals surface area contributed by atoms with Crippen molar-refractivity contribution in [3.8, 4) is 6.07 Å². The summed E-state index contributed by atoms with van der Waals surface area (Å²) in [4.78, 5) is 13.0. The average Bonchev–Trinajstić information content (AvgIpc) is 2.73. The molecule has 0 spiro atoms. The fourth-order valence-corrected chi connectivity index (χ4v) is 3.62. The van der Waals surface area contributed by atoms with Gasteiger partial charge in [-0.05, 0) is 36.3 Å². The quantitative estimate of drug-likeness (QED) is 0.339. The predicted molar refractivity (Wildman–Crippen MR) is 113 cm³/mol. The molecule has 0 aliphatic heterocycles. The second kappa shape index (κ2) is 11.3. The van der Waals surface area contributed by atoms with E-state index in [0.717, 1.165) is 42.4 Å². The van der Waals surface area contributed by atoms with E-state index in [-0.39, 0.29) is 5.78 Å². The first-order valence-electron chi connectivity index (χ1n) is 10.3. The Balaban J connectivity index is 2.30. The van der Waals surface area contributed by atoms with E-state index in [9.17, 15) is 10.1 Å². The van der Waals surface area contributed by atoms with Crippen molar-refractivity contribution < 1.29 is 4.79 Å². The van der Waals surface area contributed by atoms with Crippen LogP contribution in [0.15, 0.2) is 59.7 Å². The maximum absolute atomic E-state index is 13.0. The van der Waals surface area contributed by atoms with Crippen molar-refractivity contribution in [2.45, 2.75) is 65.2 Å². The second-order valence-electron chi connectivity index (χ2n) is 7.25. The zero-order valence-electron chi connectivity index (χ0n) is 16.7. The summed E-state index contributed by atoms with van der Waals surface area (Å²) in [5.74, 6) is 0.550. The summed E-state index contributed by atoms with van der Waals surface area (Å²) in [5.41, 5.74) is 3.04. The maximum Gasteiger partial charge on any atom is 0.174 e. The number of nitrogens with zero attached hydrogens (tertiary/aromatic N) is 1. The summed E-state index contributed by atoms with van der Waals surface area (Å²) in [7, 11) is 0. The van der Waals surface area contributed by atoms with Crippen LogP contribution >= 0.6 is 0 Å². The minimum Gasteiger partial charge on any atom is -0.293 e. The van der Waals surface area contributed by atoms with Gasteiger partial charge in [-0.2, -0.15) is 5.26 Å². The Morgan fingerprint density at radius 2 is 1.93 bits per heavy atom. The monoisotopic (exact) mass is 361 g/mol. The lowest BCUT2D eigenvalue weighted by Crippen LogP contribution is -2.09. The first-order chi connectivity index (χ1) is 13.2. The van der Waals surface area contributed by atoms with Crippen molar-refractivity contribution in [2.24, 2.45) is 5.92 Å². The minimum atomic E-state index is -0.0221. The SMILES string of the molecule is CCCCC(CC)CCC(=O)/C(C#N)=C(/C1=CCCC=C1)c1ccccc1. The Labute approximate surface area is 164 Å². The molecular formula is C25H31NO. The van der Waals surface area contributed by atoms with Gasteiger partial charge in [-0.1, -0.05) is 88.1 Å². The van der Waals surface area contributed by atoms with E-state index >= 15 is 0 Å². The Morgan fingerprint density at radius 3 is 2.52 bits per heavy atom. The van der Waals surface area contributed by atoms with Gasteiger partial charge in [0.1, 0.15) is 11.6 Å². The van der Waals surface area contributed by atoms with Gasteiger partial charge in [0.2, 0.25) is 0 Å². The summed E-state index contributed by atoms with van der Waals surface area (Å²) in [6.07, 6.45) is 14.3. The molecule has 27 heavy (non-hydrogen) atoms. The van der Waals surface area contributed by atoms with Crippen molar-refractivity contribution in [3.63, 3.8) is 0 Å². The number of unbranched alkanes of at least 4 members (excludes halogenated alkanes) is 1. The van der Waals surface area contributed by atoms with Gasteiger partial charge in [-0.3, -0.25) is 4.79 Å². The lowest BCUT2D eigenvalue weighted by Gasteiger charge is -2.16. The standard InChI is InChI=1S/C25H31NO/c1-3-5-12-20(4-2)17-18-24(27)23(19-26)25(21-13-8-6-9-14-21)22-15-10-7-11-16-22/h6,8-10,13-16,20H,3-5,7,11-12,17-18H2,1-2H3/b25-23+. The van der Waals surface area contributed by atoms with Gasteiger partial charge in [0.05, 0.1) is 0 Å². The summed E-state index contributed by atoms with van der Waals surface area (Å²) < 4.78 is 0. The summed E-state index contributed by atoms with van der Waals surface area (Å²) in [6.45, 7) is 4.39. The number of Topliss-reactive ketones (excluding diaryl/α,β-unsaturated/α-hetero) is 1. The highest BCUT2D eigenvalue weighted by atomic mass is 16.1. The lowest BCUT2D eigenvalue weighted by molar-refractivity contribution is -0.115. The van der Waals surface area contributed by atoms with E-state index < -0.39 is 0 Å². The molecule has 0 heterocycles. The smallest absolute Gasteiger partial charge is 0.174 e. The fraction of sp³-hybridized carbons (Fsp3) is 0.440. The molecule has 0 amide bonds. The topological polar surface area (TPSA) is 40.9 Å². The Kier molecular flexibility index (Phi) is 8.78. The van der Waals surface area contributed by atoms with Crippen LogP contribution in [0.1, 0.15) is 70.8 Å². The molecule has 142 valence electrons. The normalized spacial score (nSPS) is 15.5. The van der Waals surface area contributed by atoms with Gasteiger partial charge in [-0.15, -0.1) is 0 Å². The molecule has 2 rings (SSSR count). The highest BCUT2D eigenvalue weighted by Crippen LogP contribution is 2.31. The van der Waals surface area contributed by atoms with Crippen LogP contribution < -0.4 is 0 Å². The van der Waals surface area contributed by atoms with Crippen LogP contribution in [-0.4, -0.2) is 5.78 Å². The van der Waals surface area contributed by atoms with Crippen molar-refractivity contribution in [1.82, 2.24) is 0 Å². The lowest BCUT2D eigenvalue weighted by atomic mass is 9.86. The Morgan fingerprint density at radius 1 is 1.15 bits per heavy atom. The highest BCUT2D eigenvalue weighted by Gasteiger charge is 2.20. The van der Waals surface area contributed by atoms with Crippen LogP contribution in [0.4, 0.5) is 0 Å². The molecule has 0 aromatic heterocycles. The van der Waals surface area contributed by atoms with Gasteiger partial charge in [0, 0.05) is 12.0 Å². The molecule has 0 saturated heterocycles. The van der Waals surface area contributed by atoms with Crippen LogP contribution in [0.3, 0.4) is 0 Å². The van der Waals surface area contributed by atoms with Crippen molar-refractivity contribution in [2.75, 3.05) is 0 Å². The van der Waals surface area contributed by atoms with Gasteiger partial charge >= 0.3 is 0 Å². The molecule has 0 fully saturated rings. The molecule has 1 aromatic rings. The molecule has 0 bridgehead atoms. The number of hydrogen-bond donors (Lipinski definition) is 0. The number of rotatable bonds is 10. The van der Waals surface area contributed by atoms with Gasteiger partial charge in [0.25, 0.3) is 0 Å². The molecule has 1 unspecified atom stereocenters. The van der Waals surface area contributed by atoms with Crippen LogP contribution in [0.5, 0.6) is 0 Å². The van der Waals surface area contributed by atoms with E-state index in [1.807, 2.05) is 36.4 Å². The number of ketones is 1. The van der Waals surface area contributed by atoms with Crippen molar-refractivity contribution >= 4 is 11.4 Å². The molecule has 0 N–H and O–H groups in total. The third-order valence-corrected chi connectivity index (χ3v) is 5.31. The first kappa shape index (κ1) is 20.9. The molecule has 2 heteroatoms. The van der Waals surface area contributed by atoms with Crippen LogP contribution in [-0.2, 0) is 4.79 Å². The van der Waals surface area contributed by atoms with E-state index in [1.165, 1.54) is 19.3 Å². The minimum absolute atomic E-state index is 0.0221. The maximum atomic E-state index is 13.0. The van der Waals surface area contributed by atoms with E-state index in [2.05, 4.69) is 32.1 Å². The van der Waals surface area contributed by atoms with Crippen LogP contribution in [0.2, 0.25) is 0 Å². The summed E-state index contributed by atoms with van der Waals surface area (Å²) >= 11 is 0. The van der Waals surface area contributed by atoms with Crippen LogP contribution in [0, 0.1) is 17.2 Å². The highest BCUT2D eigenvalue weighted by molar-refractivity contribution is 6.09. The molecule has 1 aliphatic rings. The van der Waals surface area contributed by atoms with E-state index in [1.54, 1.807) is 0 Å². The van der Waals surface area contributed by atoms with Gasteiger partial charge in [0.15, 0.2) is 5.78 Å². The number of allylic oxidation sites excluding steroid dienone is 6. The second-order valence-corrected chi connectivity index (χ2v) is 7.25. The Hall–Kier alpha value is -2.40.